The van der Waals surface area contributed by atoms with Gasteiger partial charge >= 0.3 is 6.03 Å². The molecule has 156 valence electrons. The van der Waals surface area contributed by atoms with Gasteiger partial charge in [-0.2, -0.15) is 0 Å². The fourth-order valence-electron chi connectivity index (χ4n) is 2.76. The van der Waals surface area contributed by atoms with E-state index in [0.29, 0.717) is 24.2 Å². The third-order valence-corrected chi connectivity index (χ3v) is 4.46. The number of hydrogen-bond donors (Lipinski definition) is 2. The van der Waals surface area contributed by atoms with Crippen LogP contribution in [0.4, 0.5) is 14.9 Å². The van der Waals surface area contributed by atoms with Crippen LogP contribution in [0, 0.1) is 5.82 Å². The number of nitrogens with zero attached hydrogens (tertiary/aromatic N) is 1. The Bertz CT molecular complexity index is 1010. The highest BCUT2D eigenvalue weighted by atomic mass is 35.5. The van der Waals surface area contributed by atoms with E-state index in [1.54, 1.807) is 18.2 Å². The predicted octanol–water partition coefficient (Wildman–Crippen LogP) is 3.80. The minimum absolute atomic E-state index is 0.164. The Morgan fingerprint density at radius 3 is 2.63 bits per heavy atom. The molecule has 1 fully saturated rings. The summed E-state index contributed by atoms with van der Waals surface area (Å²) >= 11 is 6.21. The number of imide groups is 1. The molecule has 1 aliphatic rings. The summed E-state index contributed by atoms with van der Waals surface area (Å²) in [4.78, 5) is 37.2. The molecule has 0 aromatic heterocycles. The predicted molar refractivity (Wildman–Crippen MR) is 110 cm³/mol. The van der Waals surface area contributed by atoms with E-state index in [9.17, 15) is 18.8 Å². The number of halogens is 2. The Hall–Kier alpha value is -3.39. The van der Waals surface area contributed by atoms with Crippen molar-refractivity contribution in [2.45, 2.75) is 13.3 Å². The largest absolute Gasteiger partial charge is 0.482 e. The van der Waals surface area contributed by atoms with Crippen LogP contribution in [0.15, 0.2) is 48.2 Å². The van der Waals surface area contributed by atoms with Crippen molar-refractivity contribution in [1.29, 1.82) is 0 Å². The summed E-state index contributed by atoms with van der Waals surface area (Å²) in [5.74, 6) is -0.944. The van der Waals surface area contributed by atoms with Gasteiger partial charge in [0.2, 0.25) is 0 Å². The van der Waals surface area contributed by atoms with E-state index in [1.807, 2.05) is 6.92 Å². The van der Waals surface area contributed by atoms with Crippen molar-refractivity contribution in [1.82, 2.24) is 10.2 Å². The average molecular weight is 432 g/mol. The summed E-state index contributed by atoms with van der Waals surface area (Å²) in [5, 5.41) is 5.35. The Balaban J connectivity index is 1.61. The van der Waals surface area contributed by atoms with Crippen molar-refractivity contribution in [2.75, 3.05) is 18.5 Å². The lowest BCUT2D eigenvalue weighted by atomic mass is 10.2. The lowest BCUT2D eigenvalue weighted by Gasteiger charge is -2.10. The quantitative estimate of drug-likeness (QED) is 0.515. The molecule has 4 amide bonds. The standard InChI is InChI=1S/C21H19ClFN3O4/c1-2-9-26-20(28)17(25-21(26)29)11-13-3-8-18(16(22)10-13)30-12-19(27)24-15-6-4-14(23)5-7-15/h3-8,10-11H,2,9,12H2,1H3,(H,24,27)(H,25,29)/b17-11+. The Labute approximate surface area is 177 Å². The molecular formula is C21H19ClFN3O4. The third kappa shape index (κ3) is 5.15. The molecule has 1 aliphatic heterocycles. The van der Waals surface area contributed by atoms with Gasteiger partial charge in [0.25, 0.3) is 11.8 Å². The number of urea groups is 1. The molecule has 2 aromatic carbocycles. The van der Waals surface area contributed by atoms with Gasteiger partial charge in [-0.3, -0.25) is 14.5 Å². The molecule has 2 N–H and O–H groups in total. The molecule has 1 heterocycles. The third-order valence-electron chi connectivity index (χ3n) is 4.16. The zero-order valence-corrected chi connectivity index (χ0v) is 16.8. The highest BCUT2D eigenvalue weighted by molar-refractivity contribution is 6.32. The molecule has 0 unspecified atom stereocenters. The molecular weight excluding hydrogens is 413 g/mol. The number of rotatable bonds is 7. The van der Waals surface area contributed by atoms with Crippen molar-refractivity contribution < 1.29 is 23.5 Å². The van der Waals surface area contributed by atoms with Crippen LogP contribution in [-0.4, -0.2) is 35.9 Å². The molecule has 0 saturated carbocycles. The van der Waals surface area contributed by atoms with Gasteiger partial charge < -0.3 is 15.4 Å². The maximum absolute atomic E-state index is 12.9. The van der Waals surface area contributed by atoms with Gasteiger partial charge in [0.1, 0.15) is 17.3 Å². The maximum atomic E-state index is 12.9. The Kier molecular flexibility index (Phi) is 6.68. The van der Waals surface area contributed by atoms with Crippen LogP contribution in [0.3, 0.4) is 0 Å². The summed E-state index contributed by atoms with van der Waals surface area (Å²) in [7, 11) is 0. The smallest absolute Gasteiger partial charge is 0.329 e. The van der Waals surface area contributed by atoms with Crippen molar-refractivity contribution in [2.24, 2.45) is 0 Å². The topological polar surface area (TPSA) is 87.7 Å². The number of nitrogens with one attached hydrogen (secondary N) is 2. The molecule has 0 spiro atoms. The molecule has 2 aromatic rings. The summed E-state index contributed by atoms with van der Waals surface area (Å²) in [6.07, 6.45) is 2.19. The molecule has 0 bridgehead atoms. The van der Waals surface area contributed by atoms with E-state index < -0.39 is 23.7 Å². The first-order chi connectivity index (χ1) is 14.4. The fourth-order valence-corrected chi connectivity index (χ4v) is 3.01. The monoisotopic (exact) mass is 431 g/mol. The number of amides is 4. The van der Waals surface area contributed by atoms with E-state index in [1.165, 1.54) is 30.3 Å². The second kappa shape index (κ2) is 9.41. The normalized spacial score (nSPS) is 14.8. The van der Waals surface area contributed by atoms with E-state index >= 15 is 0 Å². The summed E-state index contributed by atoms with van der Waals surface area (Å²) in [6.45, 7) is 1.92. The van der Waals surface area contributed by atoms with Gasteiger partial charge in [0.15, 0.2) is 6.61 Å². The van der Waals surface area contributed by atoms with Crippen LogP contribution < -0.4 is 15.4 Å². The van der Waals surface area contributed by atoms with Gasteiger partial charge in [-0.05, 0) is 54.5 Å². The average Bonchev–Trinajstić information content (AvgIpc) is 2.97. The second-order valence-electron chi connectivity index (χ2n) is 6.48. The molecule has 1 saturated heterocycles. The second-order valence-corrected chi connectivity index (χ2v) is 6.89. The zero-order chi connectivity index (χ0) is 21.7. The van der Waals surface area contributed by atoms with Gasteiger partial charge in [-0.1, -0.05) is 24.6 Å². The SMILES string of the molecule is CCCN1C(=O)N/C(=C/c2ccc(OCC(=O)Nc3ccc(F)cc3)c(Cl)c2)C1=O. The zero-order valence-electron chi connectivity index (χ0n) is 16.1. The highest BCUT2D eigenvalue weighted by Gasteiger charge is 2.32. The first kappa shape index (κ1) is 21.3. The molecule has 7 nitrogen and oxygen atoms in total. The van der Waals surface area contributed by atoms with Crippen LogP contribution in [0.1, 0.15) is 18.9 Å². The summed E-state index contributed by atoms with van der Waals surface area (Å²) < 4.78 is 18.3. The van der Waals surface area contributed by atoms with Crippen molar-refractivity contribution in [3.8, 4) is 5.75 Å². The first-order valence-corrected chi connectivity index (χ1v) is 9.57. The molecule has 0 radical (unpaired) electrons. The van der Waals surface area contributed by atoms with Crippen molar-refractivity contribution in [3.05, 3.63) is 64.6 Å². The van der Waals surface area contributed by atoms with Crippen LogP contribution in [0.5, 0.6) is 5.75 Å². The number of carbonyl (C=O) groups is 3. The maximum Gasteiger partial charge on any atom is 0.329 e. The summed E-state index contributed by atoms with van der Waals surface area (Å²) in [5.41, 5.74) is 1.19. The number of anilines is 1. The van der Waals surface area contributed by atoms with Crippen molar-refractivity contribution in [3.63, 3.8) is 0 Å². The van der Waals surface area contributed by atoms with E-state index in [-0.39, 0.29) is 23.1 Å². The lowest BCUT2D eigenvalue weighted by Crippen LogP contribution is -2.31. The van der Waals surface area contributed by atoms with Gasteiger partial charge in [0.05, 0.1) is 5.02 Å². The van der Waals surface area contributed by atoms with E-state index in [0.717, 1.165) is 4.90 Å². The van der Waals surface area contributed by atoms with E-state index in [4.69, 9.17) is 16.3 Å². The number of hydrogen-bond acceptors (Lipinski definition) is 4. The Morgan fingerprint density at radius 2 is 1.97 bits per heavy atom. The van der Waals surface area contributed by atoms with Gasteiger partial charge in [0, 0.05) is 12.2 Å². The fraction of sp³-hybridized carbons (Fsp3) is 0.190. The number of ether oxygens (including phenoxy) is 1. The van der Waals surface area contributed by atoms with Crippen LogP contribution in [-0.2, 0) is 9.59 Å². The molecule has 30 heavy (non-hydrogen) atoms. The first-order valence-electron chi connectivity index (χ1n) is 9.19. The van der Waals surface area contributed by atoms with Gasteiger partial charge in [-0.15, -0.1) is 0 Å². The number of carbonyl (C=O) groups excluding carboxylic acids is 3. The van der Waals surface area contributed by atoms with Gasteiger partial charge in [-0.25, -0.2) is 9.18 Å². The highest BCUT2D eigenvalue weighted by Crippen LogP contribution is 2.27. The minimum Gasteiger partial charge on any atom is -0.482 e. The molecule has 3 rings (SSSR count). The van der Waals surface area contributed by atoms with E-state index in [2.05, 4.69) is 10.6 Å². The van der Waals surface area contributed by atoms with Crippen molar-refractivity contribution >= 4 is 41.2 Å². The number of benzene rings is 2. The van der Waals surface area contributed by atoms with Crippen LogP contribution in [0.2, 0.25) is 5.02 Å². The molecule has 0 atom stereocenters. The Morgan fingerprint density at radius 1 is 1.23 bits per heavy atom. The van der Waals surface area contributed by atoms with Crippen LogP contribution in [0.25, 0.3) is 6.08 Å². The molecule has 9 heteroatoms. The minimum atomic E-state index is -0.452. The lowest BCUT2D eigenvalue weighted by molar-refractivity contribution is -0.123. The van der Waals surface area contributed by atoms with Crippen LogP contribution >= 0.6 is 11.6 Å². The summed E-state index contributed by atoms with van der Waals surface area (Å²) in [6, 6.07) is 9.66. The molecule has 0 aliphatic carbocycles.